The molecule has 1 aliphatic heterocycles. The molecule has 7 heteroatoms. The van der Waals surface area contributed by atoms with E-state index in [1.165, 1.54) is 18.2 Å². The van der Waals surface area contributed by atoms with E-state index in [1.54, 1.807) is 7.11 Å². The summed E-state index contributed by atoms with van der Waals surface area (Å²) in [4.78, 5) is 14.6. The van der Waals surface area contributed by atoms with Crippen molar-refractivity contribution in [2.24, 2.45) is 5.92 Å². The first kappa shape index (κ1) is 22.7. The summed E-state index contributed by atoms with van der Waals surface area (Å²) in [6.07, 6.45) is 2.00. The third kappa shape index (κ3) is 7.41. The lowest BCUT2D eigenvalue weighted by atomic mass is 9.96. The van der Waals surface area contributed by atoms with Crippen LogP contribution in [-0.4, -0.2) is 56.2 Å². The van der Waals surface area contributed by atoms with Gasteiger partial charge in [-0.2, -0.15) is 0 Å². The molecule has 0 radical (unpaired) electrons. The summed E-state index contributed by atoms with van der Waals surface area (Å²) >= 11 is 5.81. The predicted octanol–water partition coefficient (Wildman–Crippen LogP) is 3.45. The van der Waals surface area contributed by atoms with Crippen LogP contribution in [0.25, 0.3) is 0 Å². The highest BCUT2D eigenvalue weighted by atomic mass is 35.5. The molecule has 2 N–H and O–H groups in total. The highest BCUT2D eigenvalue weighted by Crippen LogP contribution is 2.18. The molecular formula is C21H31ClFN3O2. The van der Waals surface area contributed by atoms with E-state index in [-0.39, 0.29) is 22.0 Å². The number of carbonyl (C=O) groups excluding carboxylic acids is 1. The molecule has 0 aliphatic carbocycles. The van der Waals surface area contributed by atoms with Crippen molar-refractivity contribution in [1.29, 1.82) is 0 Å². The molecule has 0 spiro atoms. The van der Waals surface area contributed by atoms with Crippen LogP contribution in [0.2, 0.25) is 5.02 Å². The third-order valence-electron chi connectivity index (χ3n) is 4.82. The van der Waals surface area contributed by atoms with Crippen molar-refractivity contribution >= 4 is 17.5 Å². The van der Waals surface area contributed by atoms with Crippen LogP contribution in [0.3, 0.4) is 0 Å². The first-order valence-electron chi connectivity index (χ1n) is 9.60. The molecule has 5 nitrogen and oxygen atoms in total. The smallest absolute Gasteiger partial charge is 0.251 e. The van der Waals surface area contributed by atoms with Crippen molar-refractivity contribution in [2.75, 3.05) is 39.9 Å². The number of amides is 1. The minimum Gasteiger partial charge on any atom is -0.382 e. The van der Waals surface area contributed by atoms with Crippen LogP contribution in [0.1, 0.15) is 37.0 Å². The van der Waals surface area contributed by atoms with Gasteiger partial charge in [0.05, 0.1) is 12.1 Å². The Morgan fingerprint density at radius 1 is 1.36 bits per heavy atom. The minimum atomic E-state index is -0.506. The van der Waals surface area contributed by atoms with Gasteiger partial charge >= 0.3 is 0 Å². The van der Waals surface area contributed by atoms with E-state index in [4.69, 9.17) is 16.3 Å². The van der Waals surface area contributed by atoms with Crippen LogP contribution in [0, 0.1) is 11.7 Å². The van der Waals surface area contributed by atoms with Crippen molar-refractivity contribution < 1.29 is 13.9 Å². The number of likely N-dealkylation sites (tertiary alicyclic amines) is 1. The van der Waals surface area contributed by atoms with Crippen molar-refractivity contribution in [1.82, 2.24) is 15.5 Å². The molecule has 1 heterocycles. The highest BCUT2D eigenvalue weighted by Gasteiger charge is 2.22. The molecule has 0 bridgehead atoms. The molecule has 2 rings (SSSR count). The Bertz CT molecular complexity index is 668. The standard InChI is InChI=1S/C21H31ClFN3O2/c1-15(25-21(2,3)14-28-4)13-26-7-5-16(6-8-26)12-24-20(27)17-9-18(22)11-19(23)10-17/h9-11,16,25H,1,5-8,12-14H2,2-4H3,(H,24,27). The number of benzene rings is 1. The molecule has 1 aromatic rings. The van der Waals surface area contributed by atoms with Crippen molar-refractivity contribution in [3.05, 3.63) is 46.9 Å². The van der Waals surface area contributed by atoms with Crippen LogP contribution in [0.15, 0.2) is 30.5 Å². The number of nitrogens with one attached hydrogen (secondary N) is 2. The summed E-state index contributed by atoms with van der Waals surface area (Å²) in [6.45, 7) is 12.2. The molecule has 156 valence electrons. The maximum Gasteiger partial charge on any atom is 0.251 e. The van der Waals surface area contributed by atoms with Gasteiger partial charge in [0.15, 0.2) is 0 Å². The van der Waals surface area contributed by atoms with Gasteiger partial charge in [0, 0.05) is 36.5 Å². The van der Waals surface area contributed by atoms with E-state index >= 15 is 0 Å². The van der Waals surface area contributed by atoms with Gasteiger partial charge in [0.2, 0.25) is 0 Å². The number of hydrogen-bond acceptors (Lipinski definition) is 4. The topological polar surface area (TPSA) is 53.6 Å². The second kappa shape index (κ2) is 10.2. The quantitative estimate of drug-likeness (QED) is 0.653. The number of carbonyl (C=O) groups is 1. The summed E-state index contributed by atoms with van der Waals surface area (Å²) in [5.74, 6) is -0.384. The van der Waals surface area contributed by atoms with Gasteiger partial charge in [0.1, 0.15) is 5.82 Å². The molecule has 1 fully saturated rings. The van der Waals surface area contributed by atoms with Crippen molar-refractivity contribution in [3.8, 4) is 0 Å². The Morgan fingerprint density at radius 3 is 2.64 bits per heavy atom. The third-order valence-corrected chi connectivity index (χ3v) is 5.04. The second-order valence-corrected chi connectivity index (χ2v) is 8.57. The number of nitrogens with zero attached hydrogens (tertiary/aromatic N) is 1. The number of halogens is 2. The highest BCUT2D eigenvalue weighted by molar-refractivity contribution is 6.31. The lowest BCUT2D eigenvalue weighted by molar-refractivity contribution is 0.0936. The number of rotatable bonds is 9. The minimum absolute atomic E-state index is 0.145. The zero-order valence-corrected chi connectivity index (χ0v) is 17.7. The molecular weight excluding hydrogens is 381 g/mol. The van der Waals surface area contributed by atoms with E-state index in [1.807, 2.05) is 0 Å². The average Bonchev–Trinajstić information content (AvgIpc) is 2.59. The fourth-order valence-corrected chi connectivity index (χ4v) is 3.78. The van der Waals surface area contributed by atoms with Crippen LogP contribution in [0.5, 0.6) is 0 Å². The Hall–Kier alpha value is -1.63. The molecule has 1 saturated heterocycles. The zero-order chi connectivity index (χ0) is 20.7. The summed E-state index contributed by atoms with van der Waals surface area (Å²) in [5, 5.41) is 6.54. The van der Waals surface area contributed by atoms with Crippen LogP contribution in [-0.2, 0) is 4.74 Å². The maximum atomic E-state index is 13.4. The SMILES string of the molecule is C=C(CN1CCC(CNC(=O)c2cc(F)cc(Cl)c2)CC1)NC(C)(C)COC. The lowest BCUT2D eigenvalue weighted by Gasteiger charge is -2.34. The van der Waals surface area contributed by atoms with E-state index in [0.717, 1.165) is 38.2 Å². The maximum absolute atomic E-state index is 13.4. The first-order valence-corrected chi connectivity index (χ1v) is 9.98. The van der Waals surface area contributed by atoms with E-state index in [9.17, 15) is 9.18 Å². The normalized spacial score (nSPS) is 16.0. The molecule has 0 saturated carbocycles. The summed E-state index contributed by atoms with van der Waals surface area (Å²) in [6, 6.07) is 3.87. The molecule has 0 aromatic heterocycles. The van der Waals surface area contributed by atoms with Gasteiger partial charge in [-0.25, -0.2) is 4.39 Å². The van der Waals surface area contributed by atoms with Gasteiger partial charge in [-0.15, -0.1) is 0 Å². The summed E-state index contributed by atoms with van der Waals surface area (Å²) in [7, 11) is 1.69. The Morgan fingerprint density at radius 2 is 2.04 bits per heavy atom. The number of piperidine rings is 1. The van der Waals surface area contributed by atoms with Gasteiger partial charge in [-0.05, 0) is 63.9 Å². The van der Waals surface area contributed by atoms with E-state index in [2.05, 4.69) is 36.0 Å². The van der Waals surface area contributed by atoms with Crippen LogP contribution < -0.4 is 10.6 Å². The molecule has 1 aliphatic rings. The van der Waals surface area contributed by atoms with E-state index < -0.39 is 5.82 Å². The van der Waals surface area contributed by atoms with Crippen molar-refractivity contribution in [3.63, 3.8) is 0 Å². The largest absolute Gasteiger partial charge is 0.382 e. The second-order valence-electron chi connectivity index (χ2n) is 8.13. The van der Waals surface area contributed by atoms with Crippen LogP contribution in [0.4, 0.5) is 4.39 Å². The molecule has 28 heavy (non-hydrogen) atoms. The van der Waals surface area contributed by atoms with Gasteiger partial charge in [-0.1, -0.05) is 18.2 Å². The average molecular weight is 412 g/mol. The monoisotopic (exact) mass is 411 g/mol. The Labute approximate surface area is 172 Å². The predicted molar refractivity (Wildman–Crippen MR) is 111 cm³/mol. The zero-order valence-electron chi connectivity index (χ0n) is 17.0. The Kier molecular flexibility index (Phi) is 8.28. The molecule has 1 amide bonds. The fourth-order valence-electron chi connectivity index (χ4n) is 3.56. The van der Waals surface area contributed by atoms with Crippen molar-refractivity contribution in [2.45, 2.75) is 32.2 Å². The summed E-state index contributed by atoms with van der Waals surface area (Å²) in [5.41, 5.74) is 1.09. The van der Waals surface area contributed by atoms with Gasteiger partial charge < -0.3 is 15.4 Å². The summed E-state index contributed by atoms with van der Waals surface area (Å²) < 4.78 is 18.6. The number of hydrogen-bond donors (Lipinski definition) is 2. The number of ether oxygens (including phenoxy) is 1. The molecule has 0 unspecified atom stereocenters. The fraction of sp³-hybridized carbons (Fsp3) is 0.571. The first-order chi connectivity index (χ1) is 13.2. The lowest BCUT2D eigenvalue weighted by Crippen LogP contribution is -2.46. The van der Waals surface area contributed by atoms with Crippen LogP contribution >= 0.6 is 11.6 Å². The van der Waals surface area contributed by atoms with E-state index in [0.29, 0.717) is 19.1 Å². The molecule has 1 aromatic carbocycles. The van der Waals surface area contributed by atoms with Gasteiger partial charge in [-0.3, -0.25) is 9.69 Å². The Balaban J connectivity index is 1.72. The number of methoxy groups -OCH3 is 1. The molecule has 0 atom stereocenters. The van der Waals surface area contributed by atoms with Gasteiger partial charge in [0.25, 0.3) is 5.91 Å².